The quantitative estimate of drug-likeness (QED) is 0.736. The van der Waals surface area contributed by atoms with Crippen LogP contribution in [0.2, 0.25) is 0 Å². The average Bonchev–Trinajstić information content (AvgIpc) is 3.35. The van der Waals surface area contributed by atoms with Gasteiger partial charge in [-0.25, -0.2) is 4.98 Å². The molecule has 0 atom stereocenters. The maximum Gasteiger partial charge on any atom is 0.257 e. The molecule has 0 radical (unpaired) electrons. The van der Waals surface area contributed by atoms with Crippen LogP contribution in [-0.4, -0.2) is 32.2 Å². The zero-order valence-corrected chi connectivity index (χ0v) is 14.2. The summed E-state index contributed by atoms with van der Waals surface area (Å²) < 4.78 is 5.83. The summed E-state index contributed by atoms with van der Waals surface area (Å²) in [6.07, 6.45) is 9.57. The van der Waals surface area contributed by atoms with Gasteiger partial charge in [-0.3, -0.25) is 14.9 Å². The van der Waals surface area contributed by atoms with Crippen LogP contribution in [0.25, 0.3) is 11.4 Å². The molecule has 3 aromatic heterocycles. The van der Waals surface area contributed by atoms with E-state index in [1.54, 1.807) is 24.5 Å². The van der Waals surface area contributed by atoms with E-state index in [0.29, 0.717) is 28.5 Å². The van der Waals surface area contributed by atoms with Gasteiger partial charge in [0, 0.05) is 18.5 Å². The lowest BCUT2D eigenvalue weighted by Gasteiger charge is -2.12. The Balaban J connectivity index is 1.45. The normalized spacial score (nSPS) is 14.3. The number of amides is 1. The first-order valence-corrected chi connectivity index (χ1v) is 8.68. The molecule has 7 nitrogen and oxygen atoms in total. The second-order valence-electron chi connectivity index (χ2n) is 6.24. The number of nitrogens with one attached hydrogen (secondary N) is 2. The first-order chi connectivity index (χ1) is 12.8. The number of anilines is 1. The van der Waals surface area contributed by atoms with E-state index in [4.69, 9.17) is 4.74 Å². The molecule has 0 bridgehead atoms. The fraction of sp³-hybridized carbons (Fsp3) is 0.263. The number of pyridine rings is 2. The summed E-state index contributed by atoms with van der Waals surface area (Å²) in [4.78, 5) is 21.0. The van der Waals surface area contributed by atoms with Crippen LogP contribution in [0.3, 0.4) is 0 Å². The van der Waals surface area contributed by atoms with Gasteiger partial charge in [-0.2, -0.15) is 5.10 Å². The minimum Gasteiger partial charge on any atom is -0.474 e. The number of H-pyrrole nitrogens is 1. The lowest BCUT2D eigenvalue weighted by Crippen LogP contribution is -2.14. The molecule has 132 valence electrons. The first-order valence-electron chi connectivity index (χ1n) is 8.68. The van der Waals surface area contributed by atoms with E-state index >= 15 is 0 Å². The molecular formula is C19H19N5O2. The monoisotopic (exact) mass is 349 g/mol. The molecular weight excluding hydrogens is 330 g/mol. The van der Waals surface area contributed by atoms with Crippen LogP contribution in [0.5, 0.6) is 5.88 Å². The van der Waals surface area contributed by atoms with Gasteiger partial charge in [-0.05, 0) is 43.9 Å². The molecule has 1 aliphatic rings. The van der Waals surface area contributed by atoms with Gasteiger partial charge in [-0.15, -0.1) is 0 Å². The van der Waals surface area contributed by atoms with E-state index in [-0.39, 0.29) is 12.0 Å². The fourth-order valence-electron chi connectivity index (χ4n) is 3.04. The molecule has 1 amide bonds. The van der Waals surface area contributed by atoms with Crippen molar-refractivity contribution in [2.75, 3.05) is 5.32 Å². The largest absolute Gasteiger partial charge is 0.474 e. The van der Waals surface area contributed by atoms with Gasteiger partial charge in [0.15, 0.2) is 0 Å². The van der Waals surface area contributed by atoms with Crippen molar-refractivity contribution in [3.05, 3.63) is 54.5 Å². The van der Waals surface area contributed by atoms with Crippen LogP contribution >= 0.6 is 0 Å². The summed E-state index contributed by atoms with van der Waals surface area (Å²) in [6.45, 7) is 0. The van der Waals surface area contributed by atoms with E-state index in [9.17, 15) is 4.79 Å². The van der Waals surface area contributed by atoms with Crippen molar-refractivity contribution in [3.63, 3.8) is 0 Å². The molecule has 0 aliphatic heterocycles. The zero-order valence-electron chi connectivity index (χ0n) is 14.2. The van der Waals surface area contributed by atoms with E-state index in [1.807, 2.05) is 18.2 Å². The Morgan fingerprint density at radius 3 is 2.73 bits per heavy atom. The van der Waals surface area contributed by atoms with Crippen molar-refractivity contribution in [1.29, 1.82) is 0 Å². The Morgan fingerprint density at radius 1 is 1.12 bits per heavy atom. The number of aromatic nitrogens is 4. The molecule has 0 saturated heterocycles. The van der Waals surface area contributed by atoms with Gasteiger partial charge in [0.25, 0.3) is 5.91 Å². The SMILES string of the molecule is O=C(Nc1cn[nH]c1-c1ccccn1)c1ccc(OC2CCCC2)nc1. The van der Waals surface area contributed by atoms with Crippen LogP contribution in [-0.2, 0) is 0 Å². The van der Waals surface area contributed by atoms with Crippen molar-refractivity contribution < 1.29 is 9.53 Å². The molecule has 0 unspecified atom stereocenters. The standard InChI is InChI=1S/C19H19N5O2/c25-19(13-8-9-17(21-11-13)26-14-5-1-2-6-14)23-16-12-22-24-18(16)15-7-3-4-10-20-15/h3-4,7-12,14H,1-2,5-6H2,(H,22,24)(H,23,25). The van der Waals surface area contributed by atoms with Crippen LogP contribution in [0.4, 0.5) is 5.69 Å². The second-order valence-corrected chi connectivity index (χ2v) is 6.24. The third-order valence-corrected chi connectivity index (χ3v) is 4.40. The van der Waals surface area contributed by atoms with E-state index < -0.39 is 0 Å². The first kappa shape index (κ1) is 16.3. The van der Waals surface area contributed by atoms with E-state index in [2.05, 4.69) is 25.5 Å². The van der Waals surface area contributed by atoms with Crippen LogP contribution in [0.1, 0.15) is 36.0 Å². The van der Waals surface area contributed by atoms with Crippen molar-refractivity contribution in [1.82, 2.24) is 20.2 Å². The van der Waals surface area contributed by atoms with E-state index in [0.717, 1.165) is 12.8 Å². The highest BCUT2D eigenvalue weighted by Crippen LogP contribution is 2.25. The number of rotatable bonds is 5. The molecule has 3 aromatic rings. The Hall–Kier alpha value is -3.22. The Labute approximate surface area is 150 Å². The van der Waals surface area contributed by atoms with Gasteiger partial charge in [0.1, 0.15) is 11.8 Å². The Bertz CT molecular complexity index is 870. The molecule has 4 rings (SSSR count). The van der Waals surface area contributed by atoms with Gasteiger partial charge in [0.2, 0.25) is 5.88 Å². The van der Waals surface area contributed by atoms with Crippen molar-refractivity contribution in [2.24, 2.45) is 0 Å². The summed E-state index contributed by atoms with van der Waals surface area (Å²) in [5.74, 6) is 0.300. The smallest absolute Gasteiger partial charge is 0.257 e. The summed E-state index contributed by atoms with van der Waals surface area (Å²) in [5.41, 5.74) is 2.39. The molecule has 26 heavy (non-hydrogen) atoms. The molecule has 1 aliphatic carbocycles. The number of ether oxygens (including phenoxy) is 1. The third-order valence-electron chi connectivity index (χ3n) is 4.40. The summed E-state index contributed by atoms with van der Waals surface area (Å²) in [6, 6.07) is 9.01. The average molecular weight is 349 g/mol. The minimum atomic E-state index is -0.261. The highest BCUT2D eigenvalue weighted by Gasteiger charge is 2.18. The van der Waals surface area contributed by atoms with Crippen molar-refractivity contribution >= 4 is 11.6 Å². The minimum absolute atomic E-state index is 0.244. The number of hydrogen-bond donors (Lipinski definition) is 2. The maximum absolute atomic E-state index is 12.5. The predicted octanol–water partition coefficient (Wildman–Crippen LogP) is 3.44. The number of nitrogens with zero attached hydrogens (tertiary/aromatic N) is 3. The topological polar surface area (TPSA) is 92.8 Å². The number of carbonyl (C=O) groups is 1. The molecule has 7 heteroatoms. The Kier molecular flexibility index (Phi) is 4.59. The molecule has 2 N–H and O–H groups in total. The van der Waals surface area contributed by atoms with Crippen LogP contribution in [0.15, 0.2) is 48.9 Å². The van der Waals surface area contributed by atoms with Crippen molar-refractivity contribution in [2.45, 2.75) is 31.8 Å². The molecule has 1 fully saturated rings. The van der Waals surface area contributed by atoms with Gasteiger partial charge in [0.05, 0.1) is 23.1 Å². The van der Waals surface area contributed by atoms with Gasteiger partial charge in [-0.1, -0.05) is 6.07 Å². The van der Waals surface area contributed by atoms with E-state index in [1.165, 1.54) is 19.0 Å². The van der Waals surface area contributed by atoms with Gasteiger partial charge < -0.3 is 10.1 Å². The van der Waals surface area contributed by atoms with Gasteiger partial charge >= 0.3 is 0 Å². The number of carbonyl (C=O) groups excluding carboxylic acids is 1. The van der Waals surface area contributed by atoms with Crippen molar-refractivity contribution in [3.8, 4) is 17.3 Å². The molecule has 3 heterocycles. The number of aromatic amines is 1. The molecule has 0 aromatic carbocycles. The summed E-state index contributed by atoms with van der Waals surface area (Å²) in [5, 5.41) is 9.71. The predicted molar refractivity (Wildman–Crippen MR) is 96.9 cm³/mol. The van der Waals surface area contributed by atoms with Crippen LogP contribution < -0.4 is 10.1 Å². The summed E-state index contributed by atoms with van der Waals surface area (Å²) in [7, 11) is 0. The lowest BCUT2D eigenvalue weighted by atomic mass is 10.2. The van der Waals surface area contributed by atoms with Crippen LogP contribution in [0, 0.1) is 0 Å². The summed E-state index contributed by atoms with van der Waals surface area (Å²) >= 11 is 0. The zero-order chi connectivity index (χ0) is 17.8. The third kappa shape index (κ3) is 3.56. The lowest BCUT2D eigenvalue weighted by molar-refractivity contribution is 0.102. The highest BCUT2D eigenvalue weighted by molar-refractivity contribution is 6.05. The fourth-order valence-corrected chi connectivity index (χ4v) is 3.04. The second kappa shape index (κ2) is 7.35. The Morgan fingerprint density at radius 2 is 2.00 bits per heavy atom. The maximum atomic E-state index is 12.5. The molecule has 1 saturated carbocycles. The molecule has 0 spiro atoms. The number of hydrogen-bond acceptors (Lipinski definition) is 5. The highest BCUT2D eigenvalue weighted by atomic mass is 16.5.